The van der Waals surface area contributed by atoms with Crippen LogP contribution in [0.4, 0.5) is 0 Å². The van der Waals surface area contributed by atoms with Gasteiger partial charge in [-0.2, -0.15) is 4.67 Å². The molecule has 1 heterocycles. The summed E-state index contributed by atoms with van der Waals surface area (Å²) >= 11 is 0. The topological polar surface area (TPSA) is 72.9 Å². The first-order valence-corrected chi connectivity index (χ1v) is 5.71. The molecule has 6 nitrogen and oxygen atoms in total. The van der Waals surface area contributed by atoms with Crippen molar-refractivity contribution < 1.29 is 23.2 Å². The Morgan fingerprint density at radius 2 is 1.86 bits per heavy atom. The SMILES string of the molecule is CCOP(=O)(OC)N1C(=O)CCC1=O. The second-order valence-corrected chi connectivity index (χ2v) is 4.63. The minimum Gasteiger partial charge on any atom is -0.295 e. The lowest BCUT2D eigenvalue weighted by molar-refractivity contribution is -0.133. The van der Waals surface area contributed by atoms with Gasteiger partial charge in [-0.1, -0.05) is 0 Å². The van der Waals surface area contributed by atoms with Crippen LogP contribution in [0, 0.1) is 0 Å². The molecule has 1 aliphatic heterocycles. The van der Waals surface area contributed by atoms with Crippen LogP contribution in [0.5, 0.6) is 0 Å². The molecule has 0 radical (unpaired) electrons. The average Bonchev–Trinajstić information content (AvgIpc) is 2.47. The summed E-state index contributed by atoms with van der Waals surface area (Å²) in [6.45, 7) is 1.72. The number of nitrogens with zero attached hydrogens (tertiary/aromatic N) is 1. The van der Waals surface area contributed by atoms with Crippen LogP contribution in [0.3, 0.4) is 0 Å². The van der Waals surface area contributed by atoms with Crippen molar-refractivity contribution in [1.29, 1.82) is 0 Å². The van der Waals surface area contributed by atoms with Gasteiger partial charge in [0.1, 0.15) is 0 Å². The number of hydrogen-bond acceptors (Lipinski definition) is 5. The molecule has 0 aromatic rings. The highest BCUT2D eigenvalue weighted by atomic mass is 31.2. The molecule has 1 unspecified atom stereocenters. The minimum absolute atomic E-state index is 0.0687. The van der Waals surface area contributed by atoms with Gasteiger partial charge in [0.05, 0.1) is 6.61 Å². The Morgan fingerprint density at radius 3 is 2.21 bits per heavy atom. The van der Waals surface area contributed by atoms with E-state index in [4.69, 9.17) is 4.52 Å². The van der Waals surface area contributed by atoms with Gasteiger partial charge in [-0.15, -0.1) is 0 Å². The van der Waals surface area contributed by atoms with E-state index in [0.717, 1.165) is 7.11 Å². The highest BCUT2D eigenvalue weighted by Gasteiger charge is 2.44. The lowest BCUT2D eigenvalue weighted by Crippen LogP contribution is -2.27. The van der Waals surface area contributed by atoms with Crippen LogP contribution < -0.4 is 0 Å². The van der Waals surface area contributed by atoms with E-state index in [1.165, 1.54) is 0 Å². The summed E-state index contributed by atoms with van der Waals surface area (Å²) in [6, 6.07) is 0. The quantitative estimate of drug-likeness (QED) is 0.521. The molecule has 1 aliphatic rings. The molecule has 0 spiro atoms. The van der Waals surface area contributed by atoms with E-state index in [-0.39, 0.29) is 19.4 Å². The van der Waals surface area contributed by atoms with Crippen molar-refractivity contribution in [3.05, 3.63) is 0 Å². The van der Waals surface area contributed by atoms with Crippen LogP contribution in [0.15, 0.2) is 0 Å². The maximum atomic E-state index is 11.8. The Morgan fingerprint density at radius 1 is 1.36 bits per heavy atom. The third-order valence-corrected chi connectivity index (χ3v) is 3.78. The third kappa shape index (κ3) is 1.87. The fourth-order valence-corrected chi connectivity index (χ4v) is 2.65. The monoisotopic (exact) mass is 221 g/mol. The summed E-state index contributed by atoms with van der Waals surface area (Å²) in [5.41, 5.74) is 0. The maximum Gasteiger partial charge on any atom is 0.444 e. The van der Waals surface area contributed by atoms with Crippen molar-refractivity contribution in [1.82, 2.24) is 4.67 Å². The first-order chi connectivity index (χ1) is 6.55. The lowest BCUT2D eigenvalue weighted by atomic mass is 10.4. The molecule has 80 valence electrons. The molecule has 1 saturated heterocycles. The first kappa shape index (κ1) is 11.4. The Labute approximate surface area is 81.8 Å². The molecule has 0 N–H and O–H groups in total. The molecule has 2 amide bonds. The number of carbonyl (C=O) groups is 2. The van der Waals surface area contributed by atoms with E-state index < -0.39 is 19.6 Å². The normalized spacial score (nSPS) is 21.4. The van der Waals surface area contributed by atoms with Gasteiger partial charge in [0.2, 0.25) is 11.8 Å². The molecule has 0 aliphatic carbocycles. The van der Waals surface area contributed by atoms with Crippen LogP contribution in [0.25, 0.3) is 0 Å². The Balaban J connectivity index is 2.93. The van der Waals surface area contributed by atoms with E-state index in [9.17, 15) is 14.2 Å². The molecule has 1 fully saturated rings. The first-order valence-electron chi connectivity index (χ1n) is 4.21. The van der Waals surface area contributed by atoms with Gasteiger partial charge in [-0.25, -0.2) is 4.57 Å². The summed E-state index contributed by atoms with van der Waals surface area (Å²) in [4.78, 5) is 22.5. The zero-order valence-corrected chi connectivity index (χ0v) is 8.95. The van der Waals surface area contributed by atoms with Gasteiger partial charge in [-0.3, -0.25) is 18.6 Å². The molecule has 0 aromatic heterocycles. The predicted octanol–water partition coefficient (Wildman–Crippen LogP) is 0.926. The van der Waals surface area contributed by atoms with Gasteiger partial charge in [-0.05, 0) is 6.92 Å². The van der Waals surface area contributed by atoms with E-state index in [1.807, 2.05) is 0 Å². The number of imide groups is 1. The minimum atomic E-state index is -3.73. The smallest absolute Gasteiger partial charge is 0.295 e. The number of carbonyl (C=O) groups excluding carboxylic acids is 2. The molecular formula is C7H12NO5P. The summed E-state index contributed by atoms with van der Waals surface area (Å²) in [7, 11) is -2.58. The third-order valence-electron chi connectivity index (χ3n) is 1.79. The molecular weight excluding hydrogens is 209 g/mol. The lowest BCUT2D eigenvalue weighted by Gasteiger charge is -2.22. The fourth-order valence-electron chi connectivity index (χ4n) is 1.19. The molecule has 1 atom stereocenters. The van der Waals surface area contributed by atoms with Gasteiger partial charge >= 0.3 is 7.75 Å². The highest BCUT2D eigenvalue weighted by Crippen LogP contribution is 2.53. The van der Waals surface area contributed by atoms with Crippen LogP contribution >= 0.6 is 7.75 Å². The number of amides is 2. The van der Waals surface area contributed by atoms with Gasteiger partial charge in [0.15, 0.2) is 0 Å². The van der Waals surface area contributed by atoms with Crippen molar-refractivity contribution in [2.75, 3.05) is 13.7 Å². The largest absolute Gasteiger partial charge is 0.444 e. The molecule has 14 heavy (non-hydrogen) atoms. The van der Waals surface area contributed by atoms with Crippen LogP contribution in [-0.2, 0) is 23.2 Å². The second-order valence-electron chi connectivity index (χ2n) is 2.67. The Kier molecular flexibility index (Phi) is 3.42. The zero-order chi connectivity index (χ0) is 10.8. The molecule has 0 bridgehead atoms. The number of hydrogen-bond donors (Lipinski definition) is 0. The van der Waals surface area contributed by atoms with Crippen molar-refractivity contribution in [3.63, 3.8) is 0 Å². The average molecular weight is 221 g/mol. The summed E-state index contributed by atoms with van der Waals surface area (Å²) in [5.74, 6) is -1.01. The van der Waals surface area contributed by atoms with E-state index in [2.05, 4.69) is 4.52 Å². The predicted molar refractivity (Wildman–Crippen MR) is 47.3 cm³/mol. The summed E-state index contributed by atoms with van der Waals surface area (Å²) in [6.07, 6.45) is 0.137. The van der Waals surface area contributed by atoms with E-state index in [0.29, 0.717) is 4.67 Å². The fraction of sp³-hybridized carbons (Fsp3) is 0.714. The Bertz CT molecular complexity index is 286. The van der Waals surface area contributed by atoms with Crippen LogP contribution in [0.1, 0.15) is 19.8 Å². The standard InChI is InChI=1S/C7H12NO5P/c1-3-13-14(11,12-2)8-6(9)4-5-7(8)10/h3-5H2,1-2H3. The molecule has 1 rings (SSSR count). The van der Waals surface area contributed by atoms with E-state index >= 15 is 0 Å². The van der Waals surface area contributed by atoms with Crippen molar-refractivity contribution >= 4 is 19.6 Å². The molecule has 7 heteroatoms. The number of rotatable bonds is 4. The maximum absolute atomic E-state index is 11.8. The summed E-state index contributed by atoms with van der Waals surface area (Å²) < 4.78 is 21.9. The van der Waals surface area contributed by atoms with Crippen LogP contribution in [0.2, 0.25) is 0 Å². The second kappa shape index (κ2) is 4.21. The molecule has 0 aromatic carbocycles. The van der Waals surface area contributed by atoms with Crippen LogP contribution in [-0.4, -0.2) is 30.2 Å². The van der Waals surface area contributed by atoms with Crippen molar-refractivity contribution in [3.8, 4) is 0 Å². The van der Waals surface area contributed by atoms with Gasteiger partial charge in [0.25, 0.3) is 0 Å². The van der Waals surface area contributed by atoms with Gasteiger partial charge < -0.3 is 0 Å². The summed E-state index contributed by atoms with van der Waals surface area (Å²) in [5, 5.41) is 0. The zero-order valence-electron chi connectivity index (χ0n) is 8.06. The Hall–Kier alpha value is -0.710. The highest BCUT2D eigenvalue weighted by molar-refractivity contribution is 7.53. The van der Waals surface area contributed by atoms with E-state index in [1.54, 1.807) is 6.92 Å². The van der Waals surface area contributed by atoms with Crippen molar-refractivity contribution in [2.24, 2.45) is 0 Å². The van der Waals surface area contributed by atoms with Gasteiger partial charge in [0, 0.05) is 20.0 Å². The molecule has 0 saturated carbocycles. The van der Waals surface area contributed by atoms with Crippen molar-refractivity contribution in [2.45, 2.75) is 19.8 Å².